The second-order valence-electron chi connectivity index (χ2n) is 6.21. The molecular weight excluding hydrogens is 248 g/mol. The average Bonchev–Trinajstić information content (AvgIpc) is 3.06. The number of fused-ring (bicyclic) bond motifs is 2. The molecule has 4 atom stereocenters. The van der Waals surface area contributed by atoms with E-state index in [0.29, 0.717) is 12.1 Å². The topological polar surface area (TPSA) is 38.1 Å². The van der Waals surface area contributed by atoms with Crippen molar-refractivity contribution in [1.29, 1.82) is 0 Å². The molecule has 2 aromatic heterocycles. The van der Waals surface area contributed by atoms with E-state index in [0.717, 1.165) is 23.2 Å². The van der Waals surface area contributed by atoms with Crippen LogP contribution in [0.4, 0.5) is 0 Å². The normalized spacial score (nSPS) is 32.5. The molecule has 0 aromatic carbocycles. The number of nitrogens with zero attached hydrogens (tertiary/aromatic N) is 1. The van der Waals surface area contributed by atoms with Crippen LogP contribution in [0.5, 0.6) is 0 Å². The molecule has 3 heteroatoms. The molecule has 0 amide bonds. The Balaban J connectivity index is 1.55. The summed E-state index contributed by atoms with van der Waals surface area (Å²) in [4.78, 5) is 4.66. The zero-order chi connectivity index (χ0) is 13.5. The predicted octanol–water partition coefficient (Wildman–Crippen LogP) is 3.79. The van der Waals surface area contributed by atoms with E-state index in [4.69, 9.17) is 4.42 Å². The summed E-state index contributed by atoms with van der Waals surface area (Å²) < 4.78 is 5.41. The Morgan fingerprint density at radius 3 is 2.90 bits per heavy atom. The maximum Gasteiger partial charge on any atom is 0.135 e. The van der Waals surface area contributed by atoms with E-state index in [-0.39, 0.29) is 0 Å². The molecule has 1 N–H and O–H groups in total. The third-order valence-corrected chi connectivity index (χ3v) is 5.13. The first kappa shape index (κ1) is 12.2. The Hall–Kier alpha value is -1.61. The molecule has 1 aliphatic heterocycles. The lowest BCUT2D eigenvalue weighted by Crippen LogP contribution is -2.41. The molecule has 0 radical (unpaired) electrons. The van der Waals surface area contributed by atoms with E-state index in [1.807, 2.05) is 18.3 Å². The Bertz CT molecular complexity index is 562. The van der Waals surface area contributed by atoms with Crippen molar-refractivity contribution in [2.24, 2.45) is 11.8 Å². The number of nitrogens with one attached hydrogen (secondary N) is 1. The Morgan fingerprint density at radius 1 is 1.25 bits per heavy atom. The summed E-state index contributed by atoms with van der Waals surface area (Å²) in [7, 11) is 0. The highest BCUT2D eigenvalue weighted by atomic mass is 16.3. The molecule has 2 fully saturated rings. The summed E-state index contributed by atoms with van der Waals surface area (Å²) in [5, 5.41) is 3.78. The van der Waals surface area contributed by atoms with E-state index in [9.17, 15) is 0 Å². The summed E-state index contributed by atoms with van der Waals surface area (Å²) >= 11 is 0. The van der Waals surface area contributed by atoms with Crippen molar-refractivity contribution < 1.29 is 4.42 Å². The molecule has 2 bridgehead atoms. The minimum absolute atomic E-state index is 0.425. The molecule has 1 aliphatic carbocycles. The van der Waals surface area contributed by atoms with E-state index >= 15 is 0 Å². The number of pyridine rings is 1. The van der Waals surface area contributed by atoms with Gasteiger partial charge in [-0.2, -0.15) is 0 Å². The van der Waals surface area contributed by atoms with Crippen LogP contribution in [0, 0.1) is 11.8 Å². The maximum atomic E-state index is 5.41. The fourth-order valence-corrected chi connectivity index (χ4v) is 3.85. The average molecular weight is 268 g/mol. The van der Waals surface area contributed by atoms with Gasteiger partial charge in [-0.1, -0.05) is 6.92 Å². The summed E-state index contributed by atoms with van der Waals surface area (Å²) in [6.07, 6.45) is 7.55. The van der Waals surface area contributed by atoms with Crippen molar-refractivity contribution >= 4 is 0 Å². The van der Waals surface area contributed by atoms with Crippen LogP contribution in [0.2, 0.25) is 0 Å². The van der Waals surface area contributed by atoms with Gasteiger partial charge in [-0.3, -0.25) is 4.98 Å². The molecule has 104 valence electrons. The van der Waals surface area contributed by atoms with Gasteiger partial charge in [0.05, 0.1) is 12.0 Å². The second-order valence-corrected chi connectivity index (χ2v) is 6.21. The van der Waals surface area contributed by atoms with Crippen molar-refractivity contribution in [3.8, 4) is 11.3 Å². The number of furan rings is 1. The first-order valence-electron chi connectivity index (χ1n) is 7.57. The van der Waals surface area contributed by atoms with Crippen molar-refractivity contribution in [3.05, 3.63) is 42.4 Å². The number of aromatic nitrogens is 1. The SMILES string of the molecule is CC1C2CCC1NC(c1ccc(-c3ccco3)cn1)C2. The minimum atomic E-state index is 0.425. The molecule has 1 saturated heterocycles. The monoisotopic (exact) mass is 268 g/mol. The molecule has 3 nitrogen and oxygen atoms in total. The van der Waals surface area contributed by atoms with Crippen molar-refractivity contribution in [2.75, 3.05) is 0 Å². The highest BCUT2D eigenvalue weighted by Crippen LogP contribution is 2.43. The van der Waals surface area contributed by atoms with Gasteiger partial charge in [0.15, 0.2) is 0 Å². The predicted molar refractivity (Wildman–Crippen MR) is 78.1 cm³/mol. The van der Waals surface area contributed by atoms with Crippen molar-refractivity contribution in [3.63, 3.8) is 0 Å². The minimum Gasteiger partial charge on any atom is -0.464 e. The van der Waals surface area contributed by atoms with Crippen LogP contribution in [-0.2, 0) is 0 Å². The highest BCUT2D eigenvalue weighted by Gasteiger charge is 2.40. The van der Waals surface area contributed by atoms with Gasteiger partial charge >= 0.3 is 0 Å². The fraction of sp³-hybridized carbons (Fsp3) is 0.471. The summed E-state index contributed by atoms with van der Waals surface area (Å²) in [6.45, 7) is 2.39. The van der Waals surface area contributed by atoms with E-state index in [1.54, 1.807) is 6.26 Å². The third kappa shape index (κ3) is 1.97. The number of hydrogen-bond donors (Lipinski definition) is 1. The van der Waals surface area contributed by atoms with Gasteiger partial charge in [0.25, 0.3) is 0 Å². The molecule has 4 unspecified atom stereocenters. The molecule has 4 rings (SSSR count). The van der Waals surface area contributed by atoms with Gasteiger partial charge in [-0.15, -0.1) is 0 Å². The maximum absolute atomic E-state index is 5.41. The second kappa shape index (κ2) is 4.74. The lowest BCUT2D eigenvalue weighted by atomic mass is 9.84. The first-order chi connectivity index (χ1) is 9.81. The molecular formula is C17H20N2O. The van der Waals surface area contributed by atoms with Crippen LogP contribution in [0.15, 0.2) is 41.1 Å². The van der Waals surface area contributed by atoms with Crippen LogP contribution in [-0.4, -0.2) is 11.0 Å². The summed E-state index contributed by atoms with van der Waals surface area (Å²) in [6, 6.07) is 9.25. The van der Waals surface area contributed by atoms with Crippen LogP contribution < -0.4 is 5.32 Å². The number of piperidine rings is 1. The van der Waals surface area contributed by atoms with Crippen LogP contribution in [0.1, 0.15) is 37.9 Å². The zero-order valence-corrected chi connectivity index (χ0v) is 11.8. The van der Waals surface area contributed by atoms with Gasteiger partial charge < -0.3 is 9.73 Å². The smallest absolute Gasteiger partial charge is 0.135 e. The third-order valence-electron chi connectivity index (χ3n) is 5.13. The van der Waals surface area contributed by atoms with Crippen LogP contribution in [0.3, 0.4) is 0 Å². The quantitative estimate of drug-likeness (QED) is 0.900. The van der Waals surface area contributed by atoms with Crippen LogP contribution >= 0.6 is 0 Å². The fourth-order valence-electron chi connectivity index (χ4n) is 3.85. The highest BCUT2D eigenvalue weighted by molar-refractivity contribution is 5.55. The van der Waals surface area contributed by atoms with Gasteiger partial charge in [-0.05, 0) is 55.4 Å². The summed E-state index contributed by atoms with van der Waals surface area (Å²) in [5.74, 6) is 2.58. The van der Waals surface area contributed by atoms with Gasteiger partial charge in [0.1, 0.15) is 5.76 Å². The molecule has 2 aromatic rings. The standard InChI is InChI=1S/C17H20N2O/c1-11-12-4-6-14(11)19-16(9-12)15-7-5-13(10-18-15)17-3-2-8-20-17/h2-3,5,7-8,10-12,14,16,19H,4,6,9H2,1H3. The van der Waals surface area contributed by atoms with Crippen molar-refractivity contribution in [2.45, 2.75) is 38.3 Å². The number of rotatable bonds is 2. The van der Waals surface area contributed by atoms with E-state index in [2.05, 4.69) is 29.4 Å². The van der Waals surface area contributed by atoms with Gasteiger partial charge in [-0.25, -0.2) is 0 Å². The molecule has 3 heterocycles. The Kier molecular flexibility index (Phi) is 2.88. The lowest BCUT2D eigenvalue weighted by molar-refractivity contribution is 0.226. The summed E-state index contributed by atoms with van der Waals surface area (Å²) in [5.41, 5.74) is 2.22. The molecule has 1 saturated carbocycles. The largest absolute Gasteiger partial charge is 0.464 e. The van der Waals surface area contributed by atoms with Gasteiger partial charge in [0, 0.05) is 23.8 Å². The molecule has 0 spiro atoms. The number of hydrogen-bond acceptors (Lipinski definition) is 3. The Morgan fingerprint density at radius 2 is 2.20 bits per heavy atom. The van der Waals surface area contributed by atoms with E-state index < -0.39 is 0 Å². The molecule has 20 heavy (non-hydrogen) atoms. The lowest BCUT2D eigenvalue weighted by Gasteiger charge is -2.34. The van der Waals surface area contributed by atoms with E-state index in [1.165, 1.54) is 25.0 Å². The van der Waals surface area contributed by atoms with Crippen LogP contribution in [0.25, 0.3) is 11.3 Å². The molecule has 2 aliphatic rings. The first-order valence-corrected chi connectivity index (χ1v) is 7.57. The van der Waals surface area contributed by atoms with Gasteiger partial charge in [0.2, 0.25) is 0 Å². The zero-order valence-electron chi connectivity index (χ0n) is 11.8. The van der Waals surface area contributed by atoms with Crippen molar-refractivity contribution in [1.82, 2.24) is 10.3 Å². The Labute approximate surface area is 119 Å².